The molecule has 1 aliphatic heterocycles. The number of rotatable bonds is 4. The quantitative estimate of drug-likeness (QED) is 0.460. The number of hydrogen-bond acceptors (Lipinski definition) is 3. The molecule has 3 aromatic rings. The third-order valence-electron chi connectivity index (χ3n) is 5.41. The first-order chi connectivity index (χ1) is 14.8. The summed E-state index contributed by atoms with van der Waals surface area (Å²) in [5.74, 6) is -1.45. The van der Waals surface area contributed by atoms with E-state index in [-0.39, 0.29) is 11.6 Å². The molecule has 1 saturated heterocycles. The van der Waals surface area contributed by atoms with Crippen LogP contribution in [0.2, 0.25) is 15.1 Å². The number of aliphatic hydroxyl groups is 1. The summed E-state index contributed by atoms with van der Waals surface area (Å²) in [7, 11) is 0. The van der Waals surface area contributed by atoms with Gasteiger partial charge in [-0.15, -0.1) is 0 Å². The summed E-state index contributed by atoms with van der Waals surface area (Å²) in [4.78, 5) is 3.92. The average Bonchev–Trinajstić information content (AvgIpc) is 2.73. The molecule has 1 fully saturated rings. The number of aliphatic hydroxyl groups excluding tert-OH is 1. The van der Waals surface area contributed by atoms with E-state index >= 15 is 0 Å². The van der Waals surface area contributed by atoms with Gasteiger partial charge in [0.25, 0.3) is 0 Å². The molecule has 1 N–H and O–H groups in total. The van der Waals surface area contributed by atoms with Crippen molar-refractivity contribution in [2.45, 2.75) is 12.3 Å². The molecule has 0 saturated carbocycles. The highest BCUT2D eigenvalue weighted by molar-refractivity contribution is 6.36. The van der Waals surface area contributed by atoms with Crippen molar-refractivity contribution < 1.29 is 13.9 Å². The molecule has 0 bridgehead atoms. The van der Waals surface area contributed by atoms with Crippen LogP contribution in [-0.4, -0.2) is 29.6 Å². The third-order valence-corrected chi connectivity index (χ3v) is 6.20. The fourth-order valence-corrected chi connectivity index (χ4v) is 4.58. The van der Waals surface area contributed by atoms with Crippen LogP contribution in [0.25, 0.3) is 0 Å². The van der Waals surface area contributed by atoms with Gasteiger partial charge in [0, 0.05) is 41.3 Å². The van der Waals surface area contributed by atoms with Gasteiger partial charge in [0.1, 0.15) is 17.9 Å². The van der Waals surface area contributed by atoms with Crippen molar-refractivity contribution in [3.05, 3.63) is 98.5 Å². The number of nitrogens with zero attached hydrogens (tertiary/aromatic N) is 2. The van der Waals surface area contributed by atoms with Crippen LogP contribution in [-0.2, 0) is 0 Å². The zero-order valence-corrected chi connectivity index (χ0v) is 18.5. The Morgan fingerprint density at radius 2 is 1.48 bits per heavy atom. The SMILES string of the molecule is OC(c1cc(F)cc(F)c1)N1CCN(c2ccc(Cl)cc2Cl)C(c2ccc(Cl)cc2)C1. The maximum absolute atomic E-state index is 13.7. The second-order valence-electron chi connectivity index (χ2n) is 7.43. The van der Waals surface area contributed by atoms with Gasteiger partial charge in [0.2, 0.25) is 0 Å². The van der Waals surface area contributed by atoms with E-state index in [0.29, 0.717) is 34.7 Å². The minimum Gasteiger partial charge on any atom is -0.374 e. The van der Waals surface area contributed by atoms with Crippen LogP contribution in [0.5, 0.6) is 0 Å². The van der Waals surface area contributed by atoms with Crippen molar-refractivity contribution in [3.8, 4) is 0 Å². The molecule has 2 atom stereocenters. The summed E-state index contributed by atoms with van der Waals surface area (Å²) < 4.78 is 27.4. The lowest BCUT2D eigenvalue weighted by Gasteiger charge is -2.45. The van der Waals surface area contributed by atoms with Crippen molar-refractivity contribution in [3.63, 3.8) is 0 Å². The molecular formula is C23H19Cl3F2N2O. The predicted octanol–water partition coefficient (Wildman–Crippen LogP) is 6.48. The summed E-state index contributed by atoms with van der Waals surface area (Å²) in [6.45, 7) is 1.39. The fraction of sp³-hybridized carbons (Fsp3) is 0.217. The van der Waals surface area contributed by atoms with Gasteiger partial charge < -0.3 is 10.0 Å². The minimum atomic E-state index is -1.15. The number of benzene rings is 3. The summed E-state index contributed by atoms with van der Waals surface area (Å²) in [6, 6.07) is 15.7. The third kappa shape index (κ3) is 4.97. The molecule has 3 nitrogen and oxygen atoms in total. The predicted molar refractivity (Wildman–Crippen MR) is 121 cm³/mol. The van der Waals surface area contributed by atoms with Crippen molar-refractivity contribution in [1.29, 1.82) is 0 Å². The fourth-order valence-electron chi connectivity index (χ4n) is 3.93. The molecule has 4 rings (SSSR count). The first-order valence-electron chi connectivity index (χ1n) is 9.67. The Hall–Kier alpha value is -1.89. The van der Waals surface area contributed by atoms with Crippen LogP contribution in [0.3, 0.4) is 0 Å². The normalized spacial score (nSPS) is 18.3. The molecule has 1 aliphatic rings. The Labute approximate surface area is 194 Å². The van der Waals surface area contributed by atoms with Crippen molar-refractivity contribution in [2.24, 2.45) is 0 Å². The van der Waals surface area contributed by atoms with E-state index in [0.717, 1.165) is 29.4 Å². The van der Waals surface area contributed by atoms with E-state index in [9.17, 15) is 13.9 Å². The van der Waals surface area contributed by atoms with Gasteiger partial charge in [-0.25, -0.2) is 8.78 Å². The highest BCUT2D eigenvalue weighted by Crippen LogP contribution is 2.38. The number of anilines is 1. The van der Waals surface area contributed by atoms with Gasteiger partial charge in [-0.2, -0.15) is 0 Å². The first-order valence-corrected chi connectivity index (χ1v) is 10.8. The zero-order valence-electron chi connectivity index (χ0n) is 16.3. The van der Waals surface area contributed by atoms with E-state index < -0.39 is 17.9 Å². The maximum atomic E-state index is 13.7. The van der Waals surface area contributed by atoms with E-state index in [4.69, 9.17) is 34.8 Å². The van der Waals surface area contributed by atoms with Crippen LogP contribution in [0.1, 0.15) is 23.4 Å². The van der Waals surface area contributed by atoms with Crippen molar-refractivity contribution >= 4 is 40.5 Å². The number of piperazine rings is 1. The molecule has 31 heavy (non-hydrogen) atoms. The van der Waals surface area contributed by atoms with Crippen molar-refractivity contribution in [2.75, 3.05) is 24.5 Å². The summed E-state index contributed by atoms with van der Waals surface area (Å²) in [6.07, 6.45) is -1.15. The Morgan fingerprint density at radius 3 is 2.13 bits per heavy atom. The van der Waals surface area contributed by atoms with E-state index in [2.05, 4.69) is 4.90 Å². The second kappa shape index (κ2) is 9.31. The Balaban J connectivity index is 1.67. The Morgan fingerprint density at radius 1 is 0.839 bits per heavy atom. The lowest BCUT2D eigenvalue weighted by atomic mass is 10.00. The van der Waals surface area contributed by atoms with Gasteiger partial charge in [0.15, 0.2) is 0 Å². The molecule has 8 heteroatoms. The second-order valence-corrected chi connectivity index (χ2v) is 8.71. The molecule has 0 radical (unpaired) electrons. The molecule has 3 aromatic carbocycles. The van der Waals surface area contributed by atoms with Crippen LogP contribution < -0.4 is 4.90 Å². The summed E-state index contributed by atoms with van der Waals surface area (Å²) >= 11 is 18.6. The number of halogens is 5. The van der Waals surface area contributed by atoms with Crippen LogP contribution in [0.15, 0.2) is 60.7 Å². The Bertz CT molecular complexity index is 1060. The van der Waals surface area contributed by atoms with Crippen molar-refractivity contribution in [1.82, 2.24) is 4.90 Å². The molecule has 1 heterocycles. The van der Waals surface area contributed by atoms with Gasteiger partial charge in [-0.1, -0.05) is 46.9 Å². The van der Waals surface area contributed by atoms with E-state index in [1.165, 1.54) is 0 Å². The maximum Gasteiger partial charge on any atom is 0.133 e. The summed E-state index contributed by atoms with van der Waals surface area (Å²) in [5, 5.41) is 12.5. The van der Waals surface area contributed by atoms with Crippen LogP contribution in [0.4, 0.5) is 14.5 Å². The Kier molecular flexibility index (Phi) is 6.70. The van der Waals surface area contributed by atoms with E-state index in [1.807, 2.05) is 18.2 Å². The lowest BCUT2D eigenvalue weighted by molar-refractivity contribution is -0.0107. The average molecular weight is 484 g/mol. The minimum absolute atomic E-state index is 0.172. The molecule has 0 aliphatic carbocycles. The largest absolute Gasteiger partial charge is 0.374 e. The highest BCUT2D eigenvalue weighted by Gasteiger charge is 2.33. The smallest absolute Gasteiger partial charge is 0.133 e. The monoisotopic (exact) mass is 482 g/mol. The molecular weight excluding hydrogens is 465 g/mol. The summed E-state index contributed by atoms with van der Waals surface area (Å²) in [5.41, 5.74) is 1.96. The standard InChI is InChI=1S/C23H19Cl3F2N2O/c24-16-3-1-14(2-4-16)22-13-29(23(31)15-9-18(27)12-19(28)10-15)7-8-30(22)21-6-5-17(25)11-20(21)26/h1-6,9-12,22-23,31H,7-8,13H2. The first kappa shape index (κ1) is 22.3. The van der Waals surface area contributed by atoms with Gasteiger partial charge in [0.05, 0.1) is 16.8 Å². The molecule has 0 spiro atoms. The van der Waals surface area contributed by atoms with E-state index in [1.54, 1.807) is 29.2 Å². The van der Waals surface area contributed by atoms with Gasteiger partial charge in [-0.05, 0) is 48.0 Å². The molecule has 0 amide bonds. The molecule has 2 unspecified atom stereocenters. The lowest BCUT2D eigenvalue weighted by Crippen LogP contribution is -2.49. The zero-order chi connectivity index (χ0) is 22.1. The highest BCUT2D eigenvalue weighted by atomic mass is 35.5. The number of hydrogen-bond donors (Lipinski definition) is 1. The van der Waals surface area contributed by atoms with Gasteiger partial charge >= 0.3 is 0 Å². The van der Waals surface area contributed by atoms with Crippen LogP contribution >= 0.6 is 34.8 Å². The van der Waals surface area contributed by atoms with Gasteiger partial charge in [-0.3, -0.25) is 4.90 Å². The topological polar surface area (TPSA) is 26.7 Å². The molecule has 162 valence electrons. The van der Waals surface area contributed by atoms with Crippen LogP contribution in [0, 0.1) is 11.6 Å². The molecule has 0 aromatic heterocycles.